The first kappa shape index (κ1) is 17.1. The normalized spacial score (nSPS) is 11.6. The number of benzene rings is 3. The summed E-state index contributed by atoms with van der Waals surface area (Å²) in [7, 11) is 0. The summed E-state index contributed by atoms with van der Waals surface area (Å²) in [4.78, 5) is 8.69. The number of hydrogen-bond acceptors (Lipinski definition) is 4. The lowest BCUT2D eigenvalue weighted by molar-refractivity contribution is 0.472. The zero-order chi connectivity index (χ0) is 19.7. The van der Waals surface area contributed by atoms with Gasteiger partial charge in [-0.3, -0.25) is 0 Å². The van der Waals surface area contributed by atoms with Crippen LogP contribution in [0.5, 0.6) is 0 Å². The second kappa shape index (κ2) is 6.87. The van der Waals surface area contributed by atoms with E-state index in [4.69, 9.17) is 10.8 Å². The number of nitrogen functional groups attached to an aromatic ring is 1. The lowest BCUT2D eigenvalue weighted by Gasteiger charge is -2.36. The maximum Gasteiger partial charge on any atom is 0.164 e. The number of nitrogens with two attached hydrogens (primary N) is 1. The Balaban J connectivity index is 1.97. The van der Waals surface area contributed by atoms with Gasteiger partial charge in [-0.1, -0.05) is 91.0 Å². The number of hydrogen-bond donors (Lipinski definition) is 1. The van der Waals surface area contributed by atoms with Crippen LogP contribution in [0, 0.1) is 0 Å². The summed E-state index contributed by atoms with van der Waals surface area (Å²) in [6.45, 7) is 0. The first-order valence-electron chi connectivity index (χ1n) is 9.43. The molecule has 0 amide bonds. The molecule has 0 aliphatic carbocycles. The molecule has 29 heavy (non-hydrogen) atoms. The zero-order valence-corrected chi connectivity index (χ0v) is 15.7. The van der Waals surface area contributed by atoms with Crippen molar-refractivity contribution >= 4 is 16.9 Å². The van der Waals surface area contributed by atoms with E-state index in [2.05, 4.69) is 46.4 Å². The molecule has 0 aliphatic rings. The Hall–Kier alpha value is -3.99. The predicted octanol–water partition coefficient (Wildman–Crippen LogP) is 4.25. The van der Waals surface area contributed by atoms with Crippen molar-refractivity contribution in [3.8, 4) is 0 Å². The smallest absolute Gasteiger partial charge is 0.164 e. The molecule has 0 saturated heterocycles. The van der Waals surface area contributed by atoms with Gasteiger partial charge >= 0.3 is 0 Å². The quantitative estimate of drug-likeness (QED) is 0.476. The maximum atomic E-state index is 6.12. The Labute approximate surface area is 168 Å². The highest BCUT2D eigenvalue weighted by Gasteiger charge is 2.40. The van der Waals surface area contributed by atoms with E-state index < -0.39 is 5.54 Å². The summed E-state index contributed by atoms with van der Waals surface area (Å²) < 4.78 is 1.96. The molecule has 2 aromatic heterocycles. The molecule has 5 aromatic rings. The van der Waals surface area contributed by atoms with Gasteiger partial charge in [0.1, 0.15) is 17.7 Å². The van der Waals surface area contributed by atoms with Gasteiger partial charge in [-0.25, -0.2) is 14.6 Å². The van der Waals surface area contributed by atoms with Crippen molar-refractivity contribution in [1.82, 2.24) is 19.7 Å². The van der Waals surface area contributed by atoms with Crippen LogP contribution in [0.4, 0.5) is 5.82 Å². The molecule has 0 fully saturated rings. The van der Waals surface area contributed by atoms with Gasteiger partial charge in [0.2, 0.25) is 0 Å². The van der Waals surface area contributed by atoms with E-state index in [1.807, 2.05) is 59.3 Å². The van der Waals surface area contributed by atoms with Crippen molar-refractivity contribution in [1.29, 1.82) is 0 Å². The molecule has 0 spiro atoms. The molecule has 5 heteroatoms. The second-order valence-electron chi connectivity index (χ2n) is 6.86. The van der Waals surface area contributed by atoms with Crippen LogP contribution in [0.25, 0.3) is 11.0 Å². The van der Waals surface area contributed by atoms with Gasteiger partial charge in [-0.2, -0.15) is 5.10 Å². The topological polar surface area (TPSA) is 69.6 Å². The molecular formula is C24H19N5. The molecule has 0 atom stereocenters. The van der Waals surface area contributed by atoms with Gasteiger partial charge in [0, 0.05) is 0 Å². The molecule has 0 aliphatic heterocycles. The molecule has 0 unspecified atom stereocenters. The average molecular weight is 377 g/mol. The van der Waals surface area contributed by atoms with Crippen LogP contribution in [0.2, 0.25) is 0 Å². The van der Waals surface area contributed by atoms with Crippen LogP contribution in [-0.2, 0) is 5.54 Å². The molecule has 0 saturated carbocycles. The van der Waals surface area contributed by atoms with Gasteiger partial charge in [0.25, 0.3) is 0 Å². The number of anilines is 1. The molecule has 0 radical (unpaired) electrons. The molecule has 5 nitrogen and oxygen atoms in total. The number of fused-ring (bicyclic) bond motifs is 1. The van der Waals surface area contributed by atoms with Gasteiger partial charge < -0.3 is 5.73 Å². The van der Waals surface area contributed by atoms with Crippen LogP contribution in [-0.4, -0.2) is 19.7 Å². The van der Waals surface area contributed by atoms with Gasteiger partial charge in [0.15, 0.2) is 5.65 Å². The van der Waals surface area contributed by atoms with Crippen molar-refractivity contribution in [2.24, 2.45) is 0 Å². The summed E-state index contributed by atoms with van der Waals surface area (Å²) >= 11 is 0. The lowest BCUT2D eigenvalue weighted by Crippen LogP contribution is -2.38. The van der Waals surface area contributed by atoms with Crippen molar-refractivity contribution in [2.75, 3.05) is 5.73 Å². The molecule has 2 N–H and O–H groups in total. The number of rotatable bonds is 4. The standard InChI is InChI=1S/C24H19N5/c25-22-21-16-28-29(23(21)27-17-26-22)24(18-10-4-1-5-11-18,19-12-6-2-7-13-19)20-14-8-3-9-15-20/h1-17H,(H2,25,26,27). The minimum absolute atomic E-state index is 0.421. The van der Waals surface area contributed by atoms with Crippen LogP contribution in [0.15, 0.2) is 104 Å². The van der Waals surface area contributed by atoms with Crippen molar-refractivity contribution in [3.05, 3.63) is 120 Å². The summed E-state index contributed by atoms with van der Waals surface area (Å²) in [6, 6.07) is 31.1. The first-order valence-corrected chi connectivity index (χ1v) is 9.43. The van der Waals surface area contributed by atoms with Crippen molar-refractivity contribution in [2.45, 2.75) is 5.54 Å². The Bertz CT molecular complexity index is 1150. The highest BCUT2D eigenvalue weighted by molar-refractivity contribution is 5.85. The average Bonchev–Trinajstić information content (AvgIpc) is 3.23. The van der Waals surface area contributed by atoms with E-state index in [9.17, 15) is 0 Å². The third-order valence-corrected chi connectivity index (χ3v) is 5.29. The highest BCUT2D eigenvalue weighted by atomic mass is 15.3. The van der Waals surface area contributed by atoms with Gasteiger partial charge in [-0.15, -0.1) is 0 Å². The van der Waals surface area contributed by atoms with Gasteiger partial charge in [0.05, 0.1) is 11.6 Å². The molecule has 3 aromatic carbocycles. The second-order valence-corrected chi connectivity index (χ2v) is 6.86. The van der Waals surface area contributed by atoms with E-state index in [-0.39, 0.29) is 0 Å². The van der Waals surface area contributed by atoms with E-state index in [0.717, 1.165) is 22.1 Å². The predicted molar refractivity (Wildman–Crippen MR) is 114 cm³/mol. The Morgan fingerprint density at radius 3 is 1.62 bits per heavy atom. The fourth-order valence-corrected chi connectivity index (χ4v) is 4.01. The summed E-state index contributed by atoms with van der Waals surface area (Å²) in [5, 5.41) is 5.53. The first-order chi connectivity index (χ1) is 14.3. The van der Waals surface area contributed by atoms with E-state index in [0.29, 0.717) is 11.5 Å². The monoisotopic (exact) mass is 377 g/mol. The molecule has 0 bridgehead atoms. The Morgan fingerprint density at radius 2 is 1.14 bits per heavy atom. The number of aromatic nitrogens is 4. The summed E-state index contributed by atoms with van der Waals surface area (Å²) in [5.41, 5.74) is 9.35. The van der Waals surface area contributed by atoms with Crippen molar-refractivity contribution in [3.63, 3.8) is 0 Å². The van der Waals surface area contributed by atoms with Crippen LogP contribution >= 0.6 is 0 Å². The minimum Gasteiger partial charge on any atom is -0.383 e. The minimum atomic E-state index is -0.716. The third-order valence-electron chi connectivity index (χ3n) is 5.29. The zero-order valence-electron chi connectivity index (χ0n) is 15.7. The fourth-order valence-electron chi connectivity index (χ4n) is 4.01. The van der Waals surface area contributed by atoms with E-state index >= 15 is 0 Å². The van der Waals surface area contributed by atoms with E-state index in [1.54, 1.807) is 6.20 Å². The molecular weight excluding hydrogens is 358 g/mol. The lowest BCUT2D eigenvalue weighted by atomic mass is 9.77. The van der Waals surface area contributed by atoms with Gasteiger partial charge in [-0.05, 0) is 16.7 Å². The Kier molecular flexibility index (Phi) is 4.06. The van der Waals surface area contributed by atoms with Crippen LogP contribution in [0.3, 0.4) is 0 Å². The van der Waals surface area contributed by atoms with Crippen LogP contribution in [0.1, 0.15) is 16.7 Å². The largest absolute Gasteiger partial charge is 0.383 e. The summed E-state index contributed by atoms with van der Waals surface area (Å²) in [6.07, 6.45) is 3.23. The van der Waals surface area contributed by atoms with E-state index in [1.165, 1.54) is 6.33 Å². The SMILES string of the molecule is Nc1ncnc2c1cnn2C(c1ccccc1)(c1ccccc1)c1ccccc1. The molecule has 2 heterocycles. The fraction of sp³-hybridized carbons (Fsp3) is 0.0417. The molecule has 5 rings (SSSR count). The Morgan fingerprint density at radius 1 is 0.655 bits per heavy atom. The third kappa shape index (κ3) is 2.59. The maximum absolute atomic E-state index is 6.12. The van der Waals surface area contributed by atoms with Crippen LogP contribution < -0.4 is 5.73 Å². The number of nitrogens with zero attached hydrogens (tertiary/aromatic N) is 4. The summed E-state index contributed by atoms with van der Waals surface area (Å²) in [5.74, 6) is 0.421. The van der Waals surface area contributed by atoms with Crippen molar-refractivity contribution < 1.29 is 0 Å². The molecule has 140 valence electrons. The highest BCUT2D eigenvalue weighted by Crippen LogP contribution is 2.41.